The summed E-state index contributed by atoms with van der Waals surface area (Å²) in [4.78, 5) is 29.1. The maximum Gasteiger partial charge on any atom is 0.298 e. The van der Waals surface area contributed by atoms with Gasteiger partial charge in [-0.1, -0.05) is 12.1 Å². The second kappa shape index (κ2) is 7.26. The molecule has 1 aliphatic rings. The van der Waals surface area contributed by atoms with Crippen LogP contribution in [0.2, 0.25) is 0 Å². The van der Waals surface area contributed by atoms with Gasteiger partial charge < -0.3 is 14.6 Å². The van der Waals surface area contributed by atoms with Gasteiger partial charge in [0, 0.05) is 31.1 Å². The van der Waals surface area contributed by atoms with Crippen molar-refractivity contribution in [2.75, 3.05) is 23.3 Å². The van der Waals surface area contributed by atoms with Gasteiger partial charge in [-0.05, 0) is 31.0 Å². The van der Waals surface area contributed by atoms with Gasteiger partial charge in [0.15, 0.2) is 5.58 Å². The van der Waals surface area contributed by atoms with Crippen LogP contribution in [0.25, 0.3) is 11.1 Å². The molecule has 4 rings (SSSR count). The molecule has 8 nitrogen and oxygen atoms in total. The molecule has 2 heterocycles. The fraction of sp³-hybridized carbons (Fsp3) is 0.263. The van der Waals surface area contributed by atoms with E-state index in [9.17, 15) is 19.3 Å². The molecule has 0 bridgehead atoms. The number of nitrogens with zero attached hydrogens (tertiary/aromatic N) is 3. The average molecular weight is 384 g/mol. The Labute approximate surface area is 159 Å². The number of oxazole rings is 1. The third kappa shape index (κ3) is 3.51. The number of anilines is 2. The zero-order chi connectivity index (χ0) is 19.7. The van der Waals surface area contributed by atoms with Crippen molar-refractivity contribution in [1.29, 1.82) is 0 Å². The Morgan fingerprint density at radius 2 is 2.00 bits per heavy atom. The Balaban J connectivity index is 1.40. The molecule has 3 aromatic rings. The van der Waals surface area contributed by atoms with Crippen LogP contribution in [0.15, 0.2) is 46.9 Å². The summed E-state index contributed by atoms with van der Waals surface area (Å²) in [6, 6.07) is 11.1. The number of benzene rings is 2. The topological polar surface area (TPSA) is 102 Å². The first kappa shape index (κ1) is 17.9. The lowest BCUT2D eigenvalue weighted by Gasteiger charge is -2.30. The van der Waals surface area contributed by atoms with Crippen molar-refractivity contribution in [3.8, 4) is 0 Å². The summed E-state index contributed by atoms with van der Waals surface area (Å²) in [5, 5.41) is 13.3. The molecule has 0 unspecified atom stereocenters. The Kier molecular flexibility index (Phi) is 4.64. The molecule has 0 spiro atoms. The number of piperidine rings is 1. The highest BCUT2D eigenvalue weighted by Crippen LogP contribution is 2.28. The minimum Gasteiger partial charge on any atom is -0.423 e. The maximum absolute atomic E-state index is 13.9. The molecule has 2 aromatic carbocycles. The van der Waals surface area contributed by atoms with Crippen LogP contribution in [0.1, 0.15) is 12.8 Å². The minimum atomic E-state index is -0.706. The van der Waals surface area contributed by atoms with E-state index in [-0.39, 0.29) is 23.2 Å². The van der Waals surface area contributed by atoms with Gasteiger partial charge in [-0.2, -0.15) is 4.98 Å². The average Bonchev–Trinajstić information content (AvgIpc) is 3.14. The summed E-state index contributed by atoms with van der Waals surface area (Å²) < 4.78 is 19.6. The van der Waals surface area contributed by atoms with E-state index < -0.39 is 10.7 Å². The van der Waals surface area contributed by atoms with Crippen LogP contribution in [0.5, 0.6) is 0 Å². The van der Waals surface area contributed by atoms with Crippen molar-refractivity contribution in [2.24, 2.45) is 5.92 Å². The highest BCUT2D eigenvalue weighted by atomic mass is 19.1. The van der Waals surface area contributed by atoms with E-state index in [4.69, 9.17) is 4.42 Å². The lowest BCUT2D eigenvalue weighted by Crippen LogP contribution is -2.38. The summed E-state index contributed by atoms with van der Waals surface area (Å²) in [5.74, 6) is -1.38. The molecular weight excluding hydrogens is 367 g/mol. The van der Waals surface area contributed by atoms with E-state index in [0.29, 0.717) is 37.5 Å². The molecule has 1 saturated heterocycles. The normalized spacial score (nSPS) is 15.0. The molecule has 144 valence electrons. The highest BCUT2D eigenvalue weighted by molar-refractivity contribution is 5.93. The molecule has 1 N–H and O–H groups in total. The van der Waals surface area contributed by atoms with Crippen LogP contribution in [-0.2, 0) is 4.79 Å². The monoisotopic (exact) mass is 384 g/mol. The van der Waals surface area contributed by atoms with Crippen molar-refractivity contribution in [1.82, 2.24) is 4.98 Å². The van der Waals surface area contributed by atoms with Gasteiger partial charge in [0.25, 0.3) is 11.7 Å². The lowest BCUT2D eigenvalue weighted by atomic mass is 9.96. The number of nitrogens with one attached hydrogen (secondary N) is 1. The molecule has 0 saturated carbocycles. The van der Waals surface area contributed by atoms with E-state index >= 15 is 0 Å². The Bertz CT molecular complexity index is 1010. The predicted molar refractivity (Wildman–Crippen MR) is 101 cm³/mol. The summed E-state index contributed by atoms with van der Waals surface area (Å²) in [6.07, 6.45) is 1.09. The largest absolute Gasteiger partial charge is 0.423 e. The first-order valence-corrected chi connectivity index (χ1v) is 8.86. The third-order valence-corrected chi connectivity index (χ3v) is 4.84. The number of halogens is 1. The van der Waals surface area contributed by atoms with Gasteiger partial charge in [-0.25, -0.2) is 4.39 Å². The number of nitro groups is 1. The molecule has 1 aliphatic heterocycles. The number of amides is 1. The molecule has 1 fully saturated rings. The van der Waals surface area contributed by atoms with Crippen LogP contribution in [0, 0.1) is 21.8 Å². The van der Waals surface area contributed by atoms with Crippen LogP contribution in [0.4, 0.5) is 21.8 Å². The number of non-ortho nitro benzene ring substituents is 1. The molecule has 0 atom stereocenters. The zero-order valence-electron chi connectivity index (χ0n) is 14.8. The number of nitro benzene ring substituents is 1. The quantitative estimate of drug-likeness (QED) is 0.543. The molecule has 1 amide bonds. The maximum atomic E-state index is 13.9. The SMILES string of the molecule is O=C(Nc1cc([N+](=O)[O-])ccc1F)C1CCN(c2nc3ccccc3o2)CC1. The smallest absolute Gasteiger partial charge is 0.298 e. The molecule has 9 heteroatoms. The van der Waals surface area contributed by atoms with E-state index in [1.807, 2.05) is 29.2 Å². The van der Waals surface area contributed by atoms with E-state index in [1.54, 1.807) is 0 Å². The van der Waals surface area contributed by atoms with E-state index in [1.165, 1.54) is 0 Å². The first-order chi connectivity index (χ1) is 13.5. The number of carbonyl (C=O) groups excluding carboxylic acids is 1. The lowest BCUT2D eigenvalue weighted by molar-refractivity contribution is -0.384. The van der Waals surface area contributed by atoms with Crippen molar-refractivity contribution in [2.45, 2.75) is 12.8 Å². The van der Waals surface area contributed by atoms with Gasteiger partial charge in [0.1, 0.15) is 11.3 Å². The summed E-state index contributed by atoms with van der Waals surface area (Å²) >= 11 is 0. The van der Waals surface area contributed by atoms with E-state index in [0.717, 1.165) is 23.7 Å². The predicted octanol–water partition coefficient (Wildman–Crippen LogP) is 3.73. The first-order valence-electron chi connectivity index (χ1n) is 8.86. The Hall–Kier alpha value is -3.49. The molecule has 0 aliphatic carbocycles. The number of aromatic nitrogens is 1. The molecular formula is C19H17FN4O4. The van der Waals surface area contributed by atoms with Gasteiger partial charge in [-0.3, -0.25) is 14.9 Å². The van der Waals surface area contributed by atoms with E-state index in [2.05, 4.69) is 10.3 Å². The van der Waals surface area contributed by atoms with Crippen LogP contribution >= 0.6 is 0 Å². The molecule has 0 radical (unpaired) electrons. The molecule has 28 heavy (non-hydrogen) atoms. The van der Waals surface area contributed by atoms with Crippen molar-refractivity contribution < 1.29 is 18.5 Å². The Morgan fingerprint density at radius 3 is 2.71 bits per heavy atom. The zero-order valence-corrected chi connectivity index (χ0v) is 14.8. The number of fused-ring (bicyclic) bond motifs is 1. The van der Waals surface area contributed by atoms with Crippen LogP contribution in [0.3, 0.4) is 0 Å². The number of hydrogen-bond acceptors (Lipinski definition) is 6. The minimum absolute atomic E-state index is 0.180. The van der Waals surface area contributed by atoms with Crippen molar-refractivity contribution >= 4 is 34.4 Å². The van der Waals surface area contributed by atoms with Gasteiger partial charge in [0.2, 0.25) is 5.91 Å². The van der Waals surface area contributed by atoms with Gasteiger partial charge >= 0.3 is 0 Å². The molecule has 1 aromatic heterocycles. The summed E-state index contributed by atoms with van der Waals surface area (Å²) in [5.41, 5.74) is 1.03. The summed E-state index contributed by atoms with van der Waals surface area (Å²) in [6.45, 7) is 1.14. The van der Waals surface area contributed by atoms with Crippen molar-refractivity contribution in [3.05, 3.63) is 58.4 Å². The number of rotatable bonds is 4. The third-order valence-electron chi connectivity index (χ3n) is 4.84. The van der Waals surface area contributed by atoms with Crippen molar-refractivity contribution in [3.63, 3.8) is 0 Å². The number of hydrogen-bond donors (Lipinski definition) is 1. The standard InChI is InChI=1S/C19H17FN4O4/c20-14-6-5-13(24(26)27)11-16(14)21-18(25)12-7-9-23(10-8-12)19-22-15-3-1-2-4-17(15)28-19/h1-6,11-12H,7-10H2,(H,21,25). The number of carbonyl (C=O) groups is 1. The fourth-order valence-corrected chi connectivity index (χ4v) is 3.29. The second-order valence-electron chi connectivity index (χ2n) is 6.64. The highest BCUT2D eigenvalue weighted by Gasteiger charge is 2.28. The summed E-state index contributed by atoms with van der Waals surface area (Å²) in [7, 11) is 0. The van der Waals surface area contributed by atoms with Gasteiger partial charge in [0.05, 0.1) is 10.6 Å². The Morgan fingerprint density at radius 1 is 1.25 bits per heavy atom. The van der Waals surface area contributed by atoms with Crippen LogP contribution in [-0.4, -0.2) is 28.9 Å². The van der Waals surface area contributed by atoms with Gasteiger partial charge in [-0.15, -0.1) is 0 Å². The van der Waals surface area contributed by atoms with Crippen LogP contribution < -0.4 is 10.2 Å². The number of para-hydroxylation sites is 2. The fourth-order valence-electron chi connectivity index (χ4n) is 3.29. The second-order valence-corrected chi connectivity index (χ2v) is 6.64.